The first-order valence-electron chi connectivity index (χ1n) is 9.46. The van der Waals surface area contributed by atoms with E-state index in [4.69, 9.17) is 10.5 Å². The average Bonchev–Trinajstić information content (AvgIpc) is 3.17. The molecule has 0 aliphatic heterocycles. The minimum Gasteiger partial charge on any atom is -0.489 e. The number of halogens is 1. The van der Waals surface area contributed by atoms with Crippen molar-refractivity contribution in [3.05, 3.63) is 83.7 Å². The lowest BCUT2D eigenvalue weighted by Gasteiger charge is -2.14. The zero-order valence-corrected chi connectivity index (χ0v) is 16.0. The van der Waals surface area contributed by atoms with Gasteiger partial charge in [0.05, 0.1) is 12.4 Å². The summed E-state index contributed by atoms with van der Waals surface area (Å²) in [7, 11) is 0. The van der Waals surface area contributed by atoms with Crippen LogP contribution in [0.4, 0.5) is 4.39 Å². The van der Waals surface area contributed by atoms with Crippen LogP contribution in [0.3, 0.4) is 0 Å². The molecule has 1 unspecified atom stereocenters. The molecular weight excluding hydrogens is 373 g/mol. The number of aryl methyl sites for hydroxylation is 1. The fourth-order valence-electron chi connectivity index (χ4n) is 3.05. The minimum absolute atomic E-state index is 0.170. The number of hydrogen-bond donors (Lipinski definition) is 2. The Balaban J connectivity index is 1.52. The van der Waals surface area contributed by atoms with Gasteiger partial charge in [0.2, 0.25) is 0 Å². The second kappa shape index (κ2) is 9.84. The van der Waals surface area contributed by atoms with Crippen molar-refractivity contribution in [3.8, 4) is 5.75 Å². The topological polar surface area (TPSA) is 90.4 Å². The van der Waals surface area contributed by atoms with E-state index >= 15 is 0 Å². The van der Waals surface area contributed by atoms with E-state index in [1.807, 2.05) is 30.3 Å². The minimum atomic E-state index is -0.599. The van der Waals surface area contributed by atoms with E-state index in [1.165, 1.54) is 24.7 Å². The number of hydrogen-bond acceptors (Lipinski definition) is 4. The molecule has 3 aromatic rings. The molecule has 0 saturated heterocycles. The van der Waals surface area contributed by atoms with E-state index in [9.17, 15) is 14.3 Å². The molecule has 0 aliphatic carbocycles. The molecule has 1 amide bonds. The van der Waals surface area contributed by atoms with Crippen molar-refractivity contribution in [2.45, 2.75) is 38.5 Å². The van der Waals surface area contributed by atoms with Crippen LogP contribution >= 0.6 is 0 Å². The lowest BCUT2D eigenvalue weighted by Crippen LogP contribution is -2.15. The summed E-state index contributed by atoms with van der Waals surface area (Å²) < 4.78 is 21.1. The molecule has 0 radical (unpaired) electrons. The largest absolute Gasteiger partial charge is 0.489 e. The number of rotatable bonds is 10. The van der Waals surface area contributed by atoms with Gasteiger partial charge < -0.3 is 20.1 Å². The van der Waals surface area contributed by atoms with Crippen molar-refractivity contribution in [2.24, 2.45) is 5.73 Å². The summed E-state index contributed by atoms with van der Waals surface area (Å²) in [5.41, 5.74) is 7.25. The Morgan fingerprint density at radius 3 is 2.76 bits per heavy atom. The molecule has 6 nitrogen and oxygen atoms in total. The first kappa shape index (κ1) is 20.5. The van der Waals surface area contributed by atoms with E-state index in [0.29, 0.717) is 38.2 Å². The lowest BCUT2D eigenvalue weighted by molar-refractivity contribution is 0.0995. The summed E-state index contributed by atoms with van der Waals surface area (Å²) in [5, 5.41) is 10.2. The van der Waals surface area contributed by atoms with Gasteiger partial charge in [-0.2, -0.15) is 0 Å². The van der Waals surface area contributed by atoms with Gasteiger partial charge in [-0.05, 0) is 36.5 Å². The van der Waals surface area contributed by atoms with Crippen LogP contribution in [0.1, 0.15) is 34.5 Å². The number of aromatic nitrogens is 2. The van der Waals surface area contributed by atoms with Crippen LogP contribution < -0.4 is 10.5 Å². The van der Waals surface area contributed by atoms with Gasteiger partial charge in [0.25, 0.3) is 5.91 Å². The van der Waals surface area contributed by atoms with Crippen LogP contribution in [0, 0.1) is 5.82 Å². The highest BCUT2D eigenvalue weighted by Gasteiger charge is 2.11. The molecule has 152 valence electrons. The SMILES string of the molecule is NC(=O)c1cn(CC(O)CCCc2ccc(F)cc2OCc2ccccc2)cn1. The maximum atomic E-state index is 13.7. The van der Waals surface area contributed by atoms with Crippen molar-refractivity contribution >= 4 is 5.91 Å². The van der Waals surface area contributed by atoms with Gasteiger partial charge >= 0.3 is 0 Å². The molecule has 1 atom stereocenters. The van der Waals surface area contributed by atoms with Crippen molar-refractivity contribution in [2.75, 3.05) is 0 Å². The third-order valence-corrected chi connectivity index (χ3v) is 4.56. The summed E-state index contributed by atoms with van der Waals surface area (Å²) in [6.45, 7) is 0.684. The average molecular weight is 397 g/mol. The summed E-state index contributed by atoms with van der Waals surface area (Å²) in [6, 6.07) is 14.2. The Hall–Kier alpha value is -3.19. The molecule has 2 aromatic carbocycles. The summed E-state index contributed by atoms with van der Waals surface area (Å²) in [4.78, 5) is 15.0. The molecule has 29 heavy (non-hydrogen) atoms. The van der Waals surface area contributed by atoms with Gasteiger partial charge in [0.1, 0.15) is 23.9 Å². The Kier molecular flexibility index (Phi) is 6.97. The van der Waals surface area contributed by atoms with Gasteiger partial charge in [-0.15, -0.1) is 0 Å². The highest BCUT2D eigenvalue weighted by molar-refractivity contribution is 5.90. The van der Waals surface area contributed by atoms with Gasteiger partial charge in [0, 0.05) is 18.8 Å². The quantitative estimate of drug-likeness (QED) is 0.550. The molecule has 1 heterocycles. The molecule has 0 bridgehead atoms. The Morgan fingerprint density at radius 1 is 1.24 bits per heavy atom. The maximum absolute atomic E-state index is 13.7. The van der Waals surface area contributed by atoms with E-state index in [1.54, 1.807) is 10.6 Å². The number of aliphatic hydroxyl groups excluding tert-OH is 1. The number of imidazole rings is 1. The van der Waals surface area contributed by atoms with Crippen molar-refractivity contribution in [1.82, 2.24) is 9.55 Å². The second-order valence-electron chi connectivity index (χ2n) is 6.89. The number of aliphatic hydroxyl groups is 1. The van der Waals surface area contributed by atoms with Gasteiger partial charge in [0.15, 0.2) is 0 Å². The highest BCUT2D eigenvalue weighted by atomic mass is 19.1. The molecule has 3 N–H and O–H groups in total. The third-order valence-electron chi connectivity index (χ3n) is 4.56. The van der Waals surface area contributed by atoms with Crippen molar-refractivity contribution in [3.63, 3.8) is 0 Å². The normalized spacial score (nSPS) is 11.9. The summed E-state index contributed by atoms with van der Waals surface area (Å²) >= 11 is 0. The molecule has 0 spiro atoms. The lowest BCUT2D eigenvalue weighted by atomic mass is 10.0. The van der Waals surface area contributed by atoms with E-state index in [0.717, 1.165) is 11.1 Å². The molecule has 0 fully saturated rings. The van der Waals surface area contributed by atoms with E-state index in [-0.39, 0.29) is 11.5 Å². The van der Waals surface area contributed by atoms with Crippen molar-refractivity contribution in [1.29, 1.82) is 0 Å². The third kappa shape index (κ3) is 6.15. The number of ether oxygens (including phenoxy) is 1. The number of nitrogens with zero attached hydrogens (tertiary/aromatic N) is 2. The predicted molar refractivity (Wildman–Crippen MR) is 107 cm³/mol. The number of primary amides is 1. The smallest absolute Gasteiger partial charge is 0.268 e. The molecule has 0 saturated carbocycles. The number of carbonyl (C=O) groups excluding carboxylic acids is 1. The van der Waals surface area contributed by atoms with Crippen LogP contribution in [0.15, 0.2) is 61.1 Å². The Bertz CT molecular complexity index is 943. The van der Waals surface area contributed by atoms with Crippen LogP contribution in [-0.4, -0.2) is 26.7 Å². The zero-order valence-electron chi connectivity index (χ0n) is 16.0. The molecule has 7 heteroatoms. The fraction of sp³-hybridized carbons (Fsp3) is 0.273. The molecule has 3 rings (SSSR count). The van der Waals surface area contributed by atoms with Crippen LogP contribution in [0.2, 0.25) is 0 Å². The number of carbonyl (C=O) groups is 1. The molecular formula is C22H24FN3O3. The Labute approximate surface area is 168 Å². The Morgan fingerprint density at radius 2 is 2.03 bits per heavy atom. The van der Waals surface area contributed by atoms with E-state index in [2.05, 4.69) is 4.98 Å². The van der Waals surface area contributed by atoms with Gasteiger partial charge in [-0.3, -0.25) is 4.79 Å². The number of benzene rings is 2. The van der Waals surface area contributed by atoms with Crippen LogP contribution in [0.5, 0.6) is 5.75 Å². The monoisotopic (exact) mass is 397 g/mol. The van der Waals surface area contributed by atoms with Crippen molar-refractivity contribution < 1.29 is 19.0 Å². The summed E-state index contributed by atoms with van der Waals surface area (Å²) in [5.74, 6) is -0.427. The first-order valence-corrected chi connectivity index (χ1v) is 9.46. The first-order chi connectivity index (χ1) is 14.0. The highest BCUT2D eigenvalue weighted by Crippen LogP contribution is 2.23. The number of amides is 1. The predicted octanol–water partition coefficient (Wildman–Crippen LogP) is 3.08. The number of nitrogens with two attached hydrogens (primary N) is 1. The molecule has 0 aliphatic rings. The maximum Gasteiger partial charge on any atom is 0.268 e. The van der Waals surface area contributed by atoms with Crippen LogP contribution in [0.25, 0.3) is 0 Å². The molecule has 1 aromatic heterocycles. The fourth-order valence-corrected chi connectivity index (χ4v) is 3.05. The summed E-state index contributed by atoms with van der Waals surface area (Å²) in [6.07, 6.45) is 4.28. The van der Waals surface area contributed by atoms with Gasteiger partial charge in [-0.1, -0.05) is 36.4 Å². The zero-order chi connectivity index (χ0) is 20.6. The van der Waals surface area contributed by atoms with E-state index < -0.39 is 12.0 Å². The standard InChI is InChI=1S/C22H24FN3O3/c23-18-10-9-17(21(11-18)29-14-16-5-2-1-3-6-16)7-4-8-19(27)12-26-13-20(22(24)28)25-15-26/h1-3,5-6,9-11,13,15,19,27H,4,7-8,12,14H2,(H2,24,28). The van der Waals surface area contributed by atoms with Gasteiger partial charge in [-0.25, -0.2) is 9.37 Å². The van der Waals surface area contributed by atoms with Crippen LogP contribution in [-0.2, 0) is 19.6 Å². The second-order valence-corrected chi connectivity index (χ2v) is 6.89.